The highest BCUT2D eigenvalue weighted by atomic mass is 16.5. The Morgan fingerprint density at radius 3 is 2.96 bits per heavy atom. The molecule has 0 amide bonds. The van der Waals surface area contributed by atoms with Gasteiger partial charge in [-0.15, -0.1) is 0 Å². The van der Waals surface area contributed by atoms with Gasteiger partial charge in [0.2, 0.25) is 5.95 Å². The summed E-state index contributed by atoms with van der Waals surface area (Å²) in [5, 5.41) is 13.2. The van der Waals surface area contributed by atoms with E-state index >= 15 is 0 Å². The molecule has 3 atom stereocenters. The van der Waals surface area contributed by atoms with Crippen molar-refractivity contribution >= 4 is 22.9 Å². The minimum Gasteiger partial charge on any atom is -0.394 e. The summed E-state index contributed by atoms with van der Waals surface area (Å²) in [6.45, 7) is 1.60. The molecule has 0 aromatic carbocycles. The molecule has 2 aromatic heterocycles. The number of aliphatic hydroxyl groups excluding tert-OH is 1. The first-order valence-corrected chi connectivity index (χ1v) is 7.76. The minimum atomic E-state index is -0.537. The lowest BCUT2D eigenvalue weighted by atomic mass is 10.1. The molecule has 24 heavy (non-hydrogen) atoms. The third kappa shape index (κ3) is 2.30. The molecule has 11 nitrogen and oxygen atoms in total. The molecular formula is C13H17N9O2. The molecule has 0 saturated carbocycles. The van der Waals surface area contributed by atoms with Gasteiger partial charge in [0.1, 0.15) is 11.7 Å². The maximum absolute atomic E-state index is 9.44. The van der Waals surface area contributed by atoms with Crippen molar-refractivity contribution in [2.45, 2.75) is 31.2 Å². The summed E-state index contributed by atoms with van der Waals surface area (Å²) < 4.78 is 7.68. The second-order valence-electron chi connectivity index (χ2n) is 5.89. The van der Waals surface area contributed by atoms with Gasteiger partial charge >= 0.3 is 0 Å². The molecule has 3 N–H and O–H groups in total. The number of aromatic nitrogens is 4. The Kier molecular flexibility index (Phi) is 3.60. The maximum Gasteiger partial charge on any atom is 0.224 e. The van der Waals surface area contributed by atoms with Gasteiger partial charge < -0.3 is 20.5 Å². The molecule has 126 valence electrons. The van der Waals surface area contributed by atoms with Gasteiger partial charge in [-0.3, -0.25) is 4.57 Å². The molecule has 4 rings (SSSR count). The summed E-state index contributed by atoms with van der Waals surface area (Å²) in [4.78, 5) is 17.8. The van der Waals surface area contributed by atoms with Crippen LogP contribution in [0.5, 0.6) is 0 Å². The van der Waals surface area contributed by atoms with Crippen molar-refractivity contribution in [2.75, 3.05) is 30.3 Å². The number of azide groups is 1. The maximum atomic E-state index is 9.44. The highest BCUT2D eigenvalue weighted by Crippen LogP contribution is 2.36. The van der Waals surface area contributed by atoms with Crippen molar-refractivity contribution in [1.82, 2.24) is 19.5 Å². The molecule has 2 aliphatic rings. The number of anilines is 2. The summed E-state index contributed by atoms with van der Waals surface area (Å²) in [5.41, 5.74) is 15.7. The Bertz CT molecular complexity index is 811. The zero-order valence-electron chi connectivity index (χ0n) is 12.9. The second kappa shape index (κ2) is 5.78. The Hall–Kier alpha value is -2.62. The molecule has 2 aliphatic heterocycles. The van der Waals surface area contributed by atoms with Crippen LogP contribution >= 0.6 is 0 Å². The number of fused-ring (bicyclic) bond motifs is 1. The highest BCUT2D eigenvalue weighted by Gasteiger charge is 2.36. The van der Waals surface area contributed by atoms with Crippen molar-refractivity contribution < 1.29 is 9.84 Å². The van der Waals surface area contributed by atoms with Gasteiger partial charge in [-0.2, -0.15) is 9.97 Å². The Morgan fingerprint density at radius 1 is 1.46 bits per heavy atom. The lowest BCUT2D eigenvalue weighted by molar-refractivity contribution is -0.0230. The van der Waals surface area contributed by atoms with Crippen molar-refractivity contribution in [3.63, 3.8) is 0 Å². The fourth-order valence-corrected chi connectivity index (χ4v) is 3.15. The average Bonchev–Trinajstić information content (AvgIpc) is 3.09. The van der Waals surface area contributed by atoms with Crippen LogP contribution in [0.25, 0.3) is 21.6 Å². The molecule has 2 saturated heterocycles. The molecule has 11 heteroatoms. The van der Waals surface area contributed by atoms with E-state index in [2.05, 4.69) is 29.9 Å². The topological polar surface area (TPSA) is 151 Å². The fraction of sp³-hybridized carbons (Fsp3) is 0.615. The first kappa shape index (κ1) is 14.9. The highest BCUT2D eigenvalue weighted by molar-refractivity contribution is 5.85. The second-order valence-corrected chi connectivity index (χ2v) is 5.89. The summed E-state index contributed by atoms with van der Waals surface area (Å²) >= 11 is 0. The fourth-order valence-electron chi connectivity index (χ4n) is 3.15. The third-order valence-electron chi connectivity index (χ3n) is 4.48. The third-order valence-corrected chi connectivity index (χ3v) is 4.48. The average molecular weight is 331 g/mol. The van der Waals surface area contributed by atoms with Crippen molar-refractivity contribution in [2.24, 2.45) is 5.11 Å². The largest absolute Gasteiger partial charge is 0.394 e. The standard InChI is InChI=1S/C13H17N9O2/c14-13-17-11-10(12(18-13)21-2-1-3-21)22(6-16-11)9-4-7(19-20-15)8(5-23)24-9/h6-9,23H,1-5H2,(H2,14,17,18)/t7-,8+,9+/m0/s1. The number of ether oxygens (including phenoxy) is 1. The van der Waals surface area contributed by atoms with E-state index in [1.54, 1.807) is 6.33 Å². The van der Waals surface area contributed by atoms with E-state index in [4.69, 9.17) is 16.0 Å². The molecule has 0 radical (unpaired) electrons. The zero-order chi connectivity index (χ0) is 16.7. The normalized spacial score (nSPS) is 26.4. The van der Waals surface area contributed by atoms with Crippen LogP contribution in [0.3, 0.4) is 0 Å². The number of nitrogens with zero attached hydrogens (tertiary/aromatic N) is 8. The van der Waals surface area contributed by atoms with Gasteiger partial charge in [0.15, 0.2) is 11.5 Å². The summed E-state index contributed by atoms with van der Waals surface area (Å²) in [7, 11) is 0. The first-order chi connectivity index (χ1) is 11.7. The molecular weight excluding hydrogens is 314 g/mol. The van der Waals surface area contributed by atoms with Crippen LogP contribution < -0.4 is 10.6 Å². The summed E-state index contributed by atoms with van der Waals surface area (Å²) in [5.74, 6) is 0.916. The van der Waals surface area contributed by atoms with Gasteiger partial charge in [0.05, 0.1) is 25.1 Å². The predicted octanol–water partition coefficient (Wildman–Crippen LogP) is 0.577. The van der Waals surface area contributed by atoms with Gasteiger partial charge in [-0.05, 0) is 12.0 Å². The summed E-state index contributed by atoms with van der Waals surface area (Å²) in [6.07, 6.45) is 2.23. The molecule has 0 aliphatic carbocycles. The quantitative estimate of drug-likeness (QED) is 0.472. The molecule has 2 fully saturated rings. The van der Waals surface area contributed by atoms with Gasteiger partial charge in [-0.1, -0.05) is 5.11 Å². The summed E-state index contributed by atoms with van der Waals surface area (Å²) in [6, 6.07) is -0.426. The zero-order valence-corrected chi connectivity index (χ0v) is 12.9. The SMILES string of the molecule is [N-]=[N+]=N[C@H]1C[C@H](n2cnc3nc(N)nc(N4CCC4)c32)O[C@@H]1CO. The monoisotopic (exact) mass is 331 g/mol. The van der Waals surface area contributed by atoms with Crippen LogP contribution in [0.1, 0.15) is 19.1 Å². The van der Waals surface area contributed by atoms with Crippen molar-refractivity contribution in [3.8, 4) is 0 Å². The van der Waals surface area contributed by atoms with Crippen LogP contribution in [-0.4, -0.2) is 56.5 Å². The first-order valence-electron chi connectivity index (χ1n) is 7.76. The van der Waals surface area contributed by atoms with Crippen LogP contribution in [0, 0.1) is 0 Å². The Labute approximate surface area is 136 Å². The predicted molar refractivity (Wildman–Crippen MR) is 85.1 cm³/mol. The van der Waals surface area contributed by atoms with E-state index < -0.39 is 18.4 Å². The van der Waals surface area contributed by atoms with E-state index in [1.165, 1.54) is 0 Å². The smallest absolute Gasteiger partial charge is 0.224 e. The van der Waals surface area contributed by atoms with Crippen LogP contribution in [0.15, 0.2) is 11.4 Å². The van der Waals surface area contributed by atoms with E-state index in [9.17, 15) is 5.11 Å². The van der Waals surface area contributed by atoms with Gasteiger partial charge in [-0.25, -0.2) is 4.98 Å². The van der Waals surface area contributed by atoms with Crippen molar-refractivity contribution in [3.05, 3.63) is 16.8 Å². The number of nitrogens with two attached hydrogens (primary N) is 1. The molecule has 0 spiro atoms. The van der Waals surface area contributed by atoms with E-state index in [0.29, 0.717) is 12.1 Å². The van der Waals surface area contributed by atoms with Crippen LogP contribution in [0.4, 0.5) is 11.8 Å². The number of imidazole rings is 1. The van der Waals surface area contributed by atoms with Crippen LogP contribution in [-0.2, 0) is 4.74 Å². The number of hydrogen-bond acceptors (Lipinski definition) is 8. The number of aliphatic hydroxyl groups is 1. The Balaban J connectivity index is 1.76. The molecule has 4 heterocycles. The van der Waals surface area contributed by atoms with Crippen molar-refractivity contribution in [1.29, 1.82) is 0 Å². The van der Waals surface area contributed by atoms with Gasteiger partial charge in [0.25, 0.3) is 0 Å². The number of rotatable bonds is 4. The van der Waals surface area contributed by atoms with E-state index in [1.807, 2.05) is 4.57 Å². The molecule has 0 bridgehead atoms. The minimum absolute atomic E-state index is 0.183. The van der Waals surface area contributed by atoms with E-state index in [-0.39, 0.29) is 12.6 Å². The number of hydrogen-bond donors (Lipinski definition) is 2. The van der Waals surface area contributed by atoms with Gasteiger partial charge in [0, 0.05) is 24.4 Å². The van der Waals surface area contributed by atoms with E-state index in [0.717, 1.165) is 30.8 Å². The number of nitrogen functional groups attached to an aromatic ring is 1. The lowest BCUT2D eigenvalue weighted by Crippen LogP contribution is -2.38. The molecule has 2 aromatic rings. The Morgan fingerprint density at radius 2 is 2.29 bits per heavy atom. The van der Waals surface area contributed by atoms with Crippen LogP contribution in [0.2, 0.25) is 0 Å². The molecule has 0 unspecified atom stereocenters. The lowest BCUT2D eigenvalue weighted by Gasteiger charge is -2.32.